The van der Waals surface area contributed by atoms with Crippen LogP contribution in [0.4, 0.5) is 0 Å². The summed E-state index contributed by atoms with van der Waals surface area (Å²) in [5, 5.41) is 0. The van der Waals surface area contributed by atoms with Crippen LogP contribution in [0.15, 0.2) is 0 Å². The van der Waals surface area contributed by atoms with Gasteiger partial charge >= 0.3 is 0 Å². The Bertz CT molecular complexity index is 159. The van der Waals surface area contributed by atoms with Gasteiger partial charge in [-0.3, -0.25) is 0 Å². The molecule has 1 aliphatic rings. The molecule has 1 rings (SSSR count). The second kappa shape index (κ2) is 2.75. The van der Waals surface area contributed by atoms with Crippen LogP contribution in [0, 0.1) is 22.7 Å². The second-order valence-electron chi connectivity index (χ2n) is 6.22. The molecule has 0 radical (unpaired) electrons. The molecule has 0 aromatic rings. The smallest absolute Gasteiger partial charge is 0.0295 e. The normalized spacial score (nSPS) is 35.5. The minimum atomic E-state index is 0.494. The van der Waals surface area contributed by atoms with Gasteiger partial charge in [0.15, 0.2) is 0 Å². The molecule has 0 spiro atoms. The van der Waals surface area contributed by atoms with Crippen LogP contribution >= 0.6 is 0 Å². The summed E-state index contributed by atoms with van der Waals surface area (Å²) in [6.07, 6.45) is 2.85. The molecule has 0 nitrogen and oxygen atoms in total. The van der Waals surface area contributed by atoms with Crippen molar-refractivity contribution in [2.45, 2.75) is 54.4 Å². The van der Waals surface area contributed by atoms with Crippen LogP contribution in [-0.2, 0) is 0 Å². The van der Waals surface area contributed by atoms with Gasteiger partial charge in [0, 0.05) is 0 Å². The van der Waals surface area contributed by atoms with Gasteiger partial charge in [-0.1, -0.05) is 41.5 Å². The van der Waals surface area contributed by atoms with Crippen LogP contribution in [-0.4, -0.2) is 0 Å². The van der Waals surface area contributed by atoms with E-state index in [1.165, 1.54) is 12.8 Å². The van der Waals surface area contributed by atoms with Crippen LogP contribution in [0.2, 0.25) is 0 Å². The van der Waals surface area contributed by atoms with Crippen molar-refractivity contribution >= 4 is 0 Å². The molecule has 1 aliphatic carbocycles. The highest BCUT2D eigenvalue weighted by atomic mass is 14.5. The van der Waals surface area contributed by atoms with E-state index < -0.39 is 0 Å². The van der Waals surface area contributed by atoms with Crippen molar-refractivity contribution < 1.29 is 0 Å². The minimum absolute atomic E-state index is 0.494. The summed E-state index contributed by atoms with van der Waals surface area (Å²) >= 11 is 0. The first-order chi connectivity index (χ1) is 5.26. The molecular formula is C12H24. The van der Waals surface area contributed by atoms with Gasteiger partial charge in [0.25, 0.3) is 0 Å². The molecule has 0 heteroatoms. The SMILES string of the molecule is CC1CCC(C(C)(C)C)C1(C)C. The van der Waals surface area contributed by atoms with Gasteiger partial charge in [-0.15, -0.1) is 0 Å². The average Bonchev–Trinajstić information content (AvgIpc) is 2.06. The van der Waals surface area contributed by atoms with Gasteiger partial charge in [-0.2, -0.15) is 0 Å². The first kappa shape index (κ1) is 10.1. The predicted octanol–water partition coefficient (Wildman–Crippen LogP) is 4.10. The molecule has 72 valence electrons. The highest BCUT2D eigenvalue weighted by Crippen LogP contribution is 2.54. The third-order valence-electron chi connectivity index (χ3n) is 4.10. The van der Waals surface area contributed by atoms with Crippen molar-refractivity contribution in [3.8, 4) is 0 Å². The van der Waals surface area contributed by atoms with Crippen LogP contribution < -0.4 is 0 Å². The van der Waals surface area contributed by atoms with Crippen LogP contribution in [0.25, 0.3) is 0 Å². The van der Waals surface area contributed by atoms with Crippen molar-refractivity contribution in [3.05, 3.63) is 0 Å². The van der Waals surface area contributed by atoms with Crippen molar-refractivity contribution in [1.82, 2.24) is 0 Å². The van der Waals surface area contributed by atoms with Gasteiger partial charge < -0.3 is 0 Å². The second-order valence-corrected chi connectivity index (χ2v) is 6.22. The Kier molecular flexibility index (Phi) is 2.31. The maximum absolute atomic E-state index is 2.45. The quantitative estimate of drug-likeness (QED) is 0.511. The van der Waals surface area contributed by atoms with Crippen molar-refractivity contribution in [2.75, 3.05) is 0 Å². The van der Waals surface area contributed by atoms with Gasteiger partial charge in [0.2, 0.25) is 0 Å². The van der Waals surface area contributed by atoms with Crippen LogP contribution in [0.3, 0.4) is 0 Å². The van der Waals surface area contributed by atoms with E-state index >= 15 is 0 Å². The lowest BCUT2D eigenvalue weighted by atomic mass is 9.65. The van der Waals surface area contributed by atoms with E-state index in [1.54, 1.807) is 0 Å². The molecule has 0 bridgehead atoms. The molecule has 1 fully saturated rings. The Morgan fingerprint density at radius 1 is 1.08 bits per heavy atom. The largest absolute Gasteiger partial charge is 0.0620 e. The summed E-state index contributed by atoms with van der Waals surface area (Å²) in [6.45, 7) is 14.5. The molecule has 0 amide bonds. The molecule has 1 saturated carbocycles. The molecule has 0 aromatic heterocycles. The average molecular weight is 168 g/mol. The summed E-state index contributed by atoms with van der Waals surface area (Å²) in [5.74, 6) is 1.81. The molecule has 0 aliphatic heterocycles. The van der Waals surface area contributed by atoms with Gasteiger partial charge in [-0.25, -0.2) is 0 Å². The third-order valence-corrected chi connectivity index (χ3v) is 4.10. The molecule has 0 heterocycles. The zero-order chi connectivity index (χ0) is 9.57. The lowest BCUT2D eigenvalue weighted by Crippen LogP contribution is -2.32. The van der Waals surface area contributed by atoms with Crippen molar-refractivity contribution in [1.29, 1.82) is 0 Å². The molecule has 0 saturated heterocycles. The fraction of sp³-hybridized carbons (Fsp3) is 1.00. The lowest BCUT2D eigenvalue weighted by molar-refractivity contribution is 0.0928. The first-order valence-electron chi connectivity index (χ1n) is 5.26. The Labute approximate surface area is 77.7 Å². The standard InChI is InChI=1S/C12H24/c1-9-7-8-10(11(2,3)4)12(9,5)6/h9-10H,7-8H2,1-6H3. The minimum Gasteiger partial charge on any atom is -0.0620 e. The Balaban J connectivity index is 2.82. The fourth-order valence-electron chi connectivity index (χ4n) is 3.05. The van der Waals surface area contributed by atoms with E-state index in [9.17, 15) is 0 Å². The van der Waals surface area contributed by atoms with Crippen LogP contribution in [0.5, 0.6) is 0 Å². The number of hydrogen-bond donors (Lipinski definition) is 0. The van der Waals surface area contributed by atoms with Crippen molar-refractivity contribution in [3.63, 3.8) is 0 Å². The van der Waals surface area contributed by atoms with Gasteiger partial charge in [0.05, 0.1) is 0 Å². The van der Waals surface area contributed by atoms with Crippen LogP contribution in [0.1, 0.15) is 54.4 Å². The van der Waals surface area contributed by atoms with Gasteiger partial charge in [-0.05, 0) is 35.5 Å². The van der Waals surface area contributed by atoms with E-state index in [4.69, 9.17) is 0 Å². The fourth-order valence-corrected chi connectivity index (χ4v) is 3.05. The topological polar surface area (TPSA) is 0 Å². The maximum atomic E-state index is 2.45. The number of rotatable bonds is 0. The summed E-state index contributed by atoms with van der Waals surface area (Å²) in [4.78, 5) is 0. The Morgan fingerprint density at radius 3 is 1.75 bits per heavy atom. The Hall–Kier alpha value is 0. The molecule has 12 heavy (non-hydrogen) atoms. The van der Waals surface area contributed by atoms with E-state index in [-0.39, 0.29) is 0 Å². The molecule has 0 N–H and O–H groups in total. The summed E-state index contributed by atoms with van der Waals surface area (Å²) in [5.41, 5.74) is 1.05. The lowest BCUT2D eigenvalue weighted by Gasteiger charge is -2.40. The predicted molar refractivity (Wildman–Crippen MR) is 55.1 cm³/mol. The van der Waals surface area contributed by atoms with E-state index in [0.29, 0.717) is 10.8 Å². The zero-order valence-corrected chi connectivity index (χ0v) is 9.57. The van der Waals surface area contributed by atoms with Crippen molar-refractivity contribution in [2.24, 2.45) is 22.7 Å². The number of hydrogen-bond acceptors (Lipinski definition) is 0. The van der Waals surface area contributed by atoms with Gasteiger partial charge in [0.1, 0.15) is 0 Å². The van der Waals surface area contributed by atoms with E-state index in [2.05, 4.69) is 41.5 Å². The summed E-state index contributed by atoms with van der Waals surface area (Å²) in [6, 6.07) is 0. The van der Waals surface area contributed by atoms with E-state index in [1.807, 2.05) is 0 Å². The monoisotopic (exact) mass is 168 g/mol. The highest BCUT2D eigenvalue weighted by Gasteiger charge is 2.45. The summed E-state index contributed by atoms with van der Waals surface area (Å²) < 4.78 is 0. The van der Waals surface area contributed by atoms with E-state index in [0.717, 1.165) is 11.8 Å². The maximum Gasteiger partial charge on any atom is -0.0295 e. The molecule has 2 unspecified atom stereocenters. The molecule has 2 atom stereocenters. The molecule has 0 aromatic carbocycles. The highest BCUT2D eigenvalue weighted by molar-refractivity contribution is 4.94. The Morgan fingerprint density at radius 2 is 1.58 bits per heavy atom. The third kappa shape index (κ3) is 1.53. The molecular weight excluding hydrogens is 144 g/mol. The summed E-state index contributed by atoms with van der Waals surface area (Å²) in [7, 11) is 0. The zero-order valence-electron chi connectivity index (χ0n) is 9.57. The first-order valence-corrected chi connectivity index (χ1v) is 5.26.